The van der Waals surface area contributed by atoms with Crippen LogP contribution in [0, 0.1) is 6.92 Å². The quantitative estimate of drug-likeness (QED) is 0.883. The van der Waals surface area contributed by atoms with Crippen molar-refractivity contribution in [2.75, 3.05) is 18.4 Å². The fourth-order valence-corrected chi connectivity index (χ4v) is 4.93. The Morgan fingerprint density at radius 3 is 2.52 bits per heavy atom. The predicted octanol–water partition coefficient (Wildman–Crippen LogP) is 3.74. The van der Waals surface area contributed by atoms with Gasteiger partial charge in [-0.25, -0.2) is 13.4 Å². The highest BCUT2D eigenvalue weighted by atomic mass is 32.2. The summed E-state index contributed by atoms with van der Waals surface area (Å²) < 4.78 is 27.7. The molecule has 2 aromatic rings. The number of piperidine rings is 1. The third-order valence-corrected chi connectivity index (χ3v) is 6.64. The number of pyridine rings is 1. The number of hydrogen-bond donors (Lipinski definition) is 1. The van der Waals surface area contributed by atoms with Crippen LogP contribution in [-0.4, -0.2) is 30.8 Å². The first-order chi connectivity index (χ1) is 12.0. The number of aryl methyl sites for hydroxylation is 1. The fraction of sp³-hybridized carbons (Fsp3) is 0.421. The van der Waals surface area contributed by atoms with Crippen molar-refractivity contribution in [1.82, 2.24) is 9.29 Å². The molecule has 134 valence electrons. The lowest BCUT2D eigenvalue weighted by molar-refractivity contribution is 0.346. The third kappa shape index (κ3) is 3.85. The molecule has 1 aliphatic heterocycles. The van der Waals surface area contributed by atoms with Crippen LogP contribution in [0.3, 0.4) is 0 Å². The van der Waals surface area contributed by atoms with Crippen LogP contribution in [-0.2, 0) is 10.0 Å². The van der Waals surface area contributed by atoms with E-state index in [1.807, 2.05) is 19.1 Å². The van der Waals surface area contributed by atoms with E-state index in [4.69, 9.17) is 0 Å². The molecule has 0 amide bonds. The molecule has 6 heteroatoms. The SMILES string of the molecule is Cc1ccccc1[C@@H](C)Nc1ncccc1S(=O)(=O)N1CCCCC1. The van der Waals surface area contributed by atoms with Crippen LogP contribution in [0.4, 0.5) is 5.82 Å². The van der Waals surface area contributed by atoms with E-state index < -0.39 is 10.0 Å². The first-order valence-corrected chi connectivity index (χ1v) is 10.2. The minimum Gasteiger partial charge on any atom is -0.362 e. The molecule has 25 heavy (non-hydrogen) atoms. The molecule has 1 saturated heterocycles. The Morgan fingerprint density at radius 2 is 1.80 bits per heavy atom. The van der Waals surface area contributed by atoms with Crippen molar-refractivity contribution >= 4 is 15.8 Å². The molecule has 0 saturated carbocycles. The second-order valence-corrected chi connectivity index (χ2v) is 8.44. The lowest BCUT2D eigenvalue weighted by atomic mass is 10.0. The molecule has 0 spiro atoms. The van der Waals surface area contributed by atoms with Gasteiger partial charge < -0.3 is 5.32 Å². The molecule has 5 nitrogen and oxygen atoms in total. The van der Waals surface area contributed by atoms with E-state index in [0.29, 0.717) is 18.9 Å². The highest BCUT2D eigenvalue weighted by Gasteiger charge is 2.29. The van der Waals surface area contributed by atoms with Crippen LogP contribution in [0.25, 0.3) is 0 Å². The van der Waals surface area contributed by atoms with Gasteiger partial charge in [0.2, 0.25) is 10.0 Å². The molecule has 3 rings (SSSR count). The minimum absolute atomic E-state index is 0.0357. The third-order valence-electron chi connectivity index (χ3n) is 4.71. The number of nitrogens with zero attached hydrogens (tertiary/aromatic N) is 2. The molecule has 1 aliphatic rings. The smallest absolute Gasteiger partial charge is 0.246 e. The number of hydrogen-bond acceptors (Lipinski definition) is 4. The van der Waals surface area contributed by atoms with Crippen molar-refractivity contribution in [1.29, 1.82) is 0 Å². The van der Waals surface area contributed by atoms with Gasteiger partial charge in [-0.1, -0.05) is 30.7 Å². The van der Waals surface area contributed by atoms with E-state index in [-0.39, 0.29) is 10.9 Å². The average Bonchev–Trinajstić information content (AvgIpc) is 2.63. The van der Waals surface area contributed by atoms with Gasteiger partial charge in [0.15, 0.2) is 0 Å². The van der Waals surface area contributed by atoms with Gasteiger partial charge in [-0.05, 0) is 49.9 Å². The highest BCUT2D eigenvalue weighted by Crippen LogP contribution is 2.28. The number of rotatable bonds is 5. The Kier molecular flexibility index (Phi) is 5.39. The lowest BCUT2D eigenvalue weighted by Gasteiger charge is -2.27. The van der Waals surface area contributed by atoms with Gasteiger partial charge in [-0.2, -0.15) is 4.31 Å². The van der Waals surface area contributed by atoms with Crippen molar-refractivity contribution in [3.05, 3.63) is 53.7 Å². The summed E-state index contributed by atoms with van der Waals surface area (Å²) in [4.78, 5) is 4.58. The summed E-state index contributed by atoms with van der Waals surface area (Å²) in [6, 6.07) is 11.4. The van der Waals surface area contributed by atoms with E-state index in [0.717, 1.165) is 24.8 Å². The normalized spacial score (nSPS) is 17.2. The first kappa shape index (κ1) is 17.9. The molecular weight excluding hydrogens is 334 g/mol. The summed E-state index contributed by atoms with van der Waals surface area (Å²) in [5.41, 5.74) is 2.30. The van der Waals surface area contributed by atoms with E-state index in [9.17, 15) is 8.42 Å². The largest absolute Gasteiger partial charge is 0.362 e. The maximum atomic E-state index is 13.0. The van der Waals surface area contributed by atoms with Gasteiger partial charge in [0.05, 0.1) is 6.04 Å². The first-order valence-electron chi connectivity index (χ1n) is 8.77. The molecule has 1 N–H and O–H groups in total. The molecule has 1 aromatic carbocycles. The van der Waals surface area contributed by atoms with Gasteiger partial charge in [-0.3, -0.25) is 0 Å². The second kappa shape index (κ2) is 7.54. The molecule has 1 fully saturated rings. The van der Waals surface area contributed by atoms with Crippen LogP contribution in [0.5, 0.6) is 0 Å². The number of aromatic nitrogens is 1. The van der Waals surface area contributed by atoms with Crippen LogP contribution >= 0.6 is 0 Å². The van der Waals surface area contributed by atoms with Gasteiger partial charge in [-0.15, -0.1) is 0 Å². The molecule has 2 heterocycles. The highest BCUT2D eigenvalue weighted by molar-refractivity contribution is 7.89. The van der Waals surface area contributed by atoms with Crippen LogP contribution in [0.1, 0.15) is 43.4 Å². The second-order valence-electron chi connectivity index (χ2n) is 6.54. The van der Waals surface area contributed by atoms with Gasteiger partial charge >= 0.3 is 0 Å². The number of nitrogens with one attached hydrogen (secondary N) is 1. The molecule has 0 radical (unpaired) electrons. The van der Waals surface area contributed by atoms with Gasteiger partial charge in [0.1, 0.15) is 10.7 Å². The number of sulfonamides is 1. The maximum absolute atomic E-state index is 13.0. The minimum atomic E-state index is -3.52. The lowest BCUT2D eigenvalue weighted by Crippen LogP contribution is -2.36. The maximum Gasteiger partial charge on any atom is 0.246 e. The topological polar surface area (TPSA) is 62.3 Å². The summed E-state index contributed by atoms with van der Waals surface area (Å²) in [6.45, 7) is 5.25. The molecule has 0 bridgehead atoms. The summed E-state index contributed by atoms with van der Waals surface area (Å²) in [5.74, 6) is 0.420. The zero-order valence-electron chi connectivity index (χ0n) is 14.8. The van der Waals surface area contributed by atoms with Crippen molar-refractivity contribution in [3.63, 3.8) is 0 Å². The van der Waals surface area contributed by atoms with E-state index in [2.05, 4.69) is 29.4 Å². The average molecular weight is 359 g/mol. The van der Waals surface area contributed by atoms with Crippen LogP contribution < -0.4 is 5.32 Å². The molecular formula is C19H25N3O2S. The van der Waals surface area contributed by atoms with Gasteiger partial charge in [0, 0.05) is 19.3 Å². The summed E-state index contributed by atoms with van der Waals surface area (Å²) in [5, 5.41) is 3.30. The van der Waals surface area contributed by atoms with E-state index in [1.54, 1.807) is 22.6 Å². The van der Waals surface area contributed by atoms with Crippen LogP contribution in [0.2, 0.25) is 0 Å². The predicted molar refractivity (Wildman–Crippen MR) is 100 cm³/mol. The molecule has 1 aromatic heterocycles. The molecule has 1 atom stereocenters. The Labute approximate surface area is 150 Å². The zero-order chi connectivity index (χ0) is 17.9. The van der Waals surface area contributed by atoms with Crippen molar-refractivity contribution in [3.8, 4) is 0 Å². The Bertz CT molecular complexity index is 830. The Balaban J connectivity index is 1.90. The number of benzene rings is 1. The summed E-state index contributed by atoms with van der Waals surface area (Å²) in [7, 11) is -3.52. The monoisotopic (exact) mass is 359 g/mol. The standard InChI is InChI=1S/C19H25N3O2S/c1-15-9-4-5-10-17(15)16(2)21-19-18(11-8-12-20-19)25(23,24)22-13-6-3-7-14-22/h4-5,8-12,16H,3,6-7,13-14H2,1-2H3,(H,20,21)/t16-/m1/s1. The summed E-state index contributed by atoms with van der Waals surface area (Å²) >= 11 is 0. The summed E-state index contributed by atoms with van der Waals surface area (Å²) in [6.07, 6.45) is 4.56. The zero-order valence-corrected chi connectivity index (χ0v) is 15.6. The van der Waals surface area contributed by atoms with E-state index >= 15 is 0 Å². The van der Waals surface area contributed by atoms with Gasteiger partial charge in [0.25, 0.3) is 0 Å². The van der Waals surface area contributed by atoms with E-state index in [1.165, 1.54) is 5.56 Å². The van der Waals surface area contributed by atoms with Crippen LogP contribution in [0.15, 0.2) is 47.5 Å². The van der Waals surface area contributed by atoms with Crippen molar-refractivity contribution in [2.24, 2.45) is 0 Å². The van der Waals surface area contributed by atoms with Crippen molar-refractivity contribution < 1.29 is 8.42 Å². The Hall–Kier alpha value is -1.92. The molecule has 0 unspecified atom stereocenters. The fourth-order valence-electron chi connectivity index (χ4n) is 3.31. The van der Waals surface area contributed by atoms with Crippen molar-refractivity contribution in [2.45, 2.75) is 44.0 Å². The Morgan fingerprint density at radius 1 is 1.08 bits per heavy atom. The number of anilines is 1. The molecule has 0 aliphatic carbocycles.